The molecule has 4 nitrogen and oxygen atoms in total. The zero-order chi connectivity index (χ0) is 16.5. The van der Waals surface area contributed by atoms with Crippen molar-refractivity contribution in [2.24, 2.45) is 0 Å². The number of para-hydroxylation sites is 1. The molecule has 1 rings (SSSR count). The Kier molecular flexibility index (Phi) is 8.55. The molecule has 0 fully saturated rings. The fourth-order valence-corrected chi connectivity index (χ4v) is 1.30. The molecule has 0 unspecified atom stereocenters. The molecule has 0 saturated carbocycles. The summed E-state index contributed by atoms with van der Waals surface area (Å²) in [5.41, 5.74) is 0.847. The lowest BCUT2D eigenvalue weighted by Crippen LogP contribution is -2.22. The Labute approximate surface area is 127 Å². The summed E-state index contributed by atoms with van der Waals surface area (Å²) >= 11 is 0. The Morgan fingerprint density at radius 2 is 1.71 bits per heavy atom. The van der Waals surface area contributed by atoms with E-state index in [1.165, 1.54) is 0 Å². The van der Waals surface area contributed by atoms with Gasteiger partial charge in [0.25, 0.3) is 0 Å². The number of hydrogen-bond donors (Lipinski definition) is 1. The Morgan fingerprint density at radius 1 is 1.19 bits per heavy atom. The molecule has 0 aliphatic carbocycles. The SMILES string of the molecule is CC(C)=N.CCCC(=O)c1ccccc1OOC(C)(C)C. The van der Waals surface area contributed by atoms with Crippen LogP contribution in [0.4, 0.5) is 0 Å². The van der Waals surface area contributed by atoms with Gasteiger partial charge in [-0.2, -0.15) is 4.89 Å². The second kappa shape index (κ2) is 9.29. The molecule has 0 aliphatic heterocycles. The molecule has 0 heterocycles. The Hall–Kier alpha value is -1.68. The van der Waals surface area contributed by atoms with Crippen LogP contribution in [0.5, 0.6) is 5.75 Å². The Morgan fingerprint density at radius 3 is 2.19 bits per heavy atom. The van der Waals surface area contributed by atoms with Gasteiger partial charge in [0.15, 0.2) is 11.5 Å². The van der Waals surface area contributed by atoms with Crippen LogP contribution in [0, 0.1) is 5.41 Å². The number of Topliss-reactive ketones (excluding diaryl/α,β-unsaturated/α-hetero) is 1. The molecule has 118 valence electrons. The molecular weight excluding hydrogens is 266 g/mol. The number of nitrogens with one attached hydrogen (secondary N) is 1. The van der Waals surface area contributed by atoms with Crippen molar-refractivity contribution in [3.63, 3.8) is 0 Å². The quantitative estimate of drug-likeness (QED) is 0.366. The van der Waals surface area contributed by atoms with Gasteiger partial charge in [0, 0.05) is 12.1 Å². The van der Waals surface area contributed by atoms with Crippen molar-refractivity contribution >= 4 is 11.5 Å². The van der Waals surface area contributed by atoms with E-state index in [-0.39, 0.29) is 5.78 Å². The largest absolute Gasteiger partial charge is 0.336 e. The molecule has 1 aromatic rings. The van der Waals surface area contributed by atoms with Crippen LogP contribution < -0.4 is 4.89 Å². The molecule has 0 aliphatic rings. The van der Waals surface area contributed by atoms with E-state index in [2.05, 4.69) is 0 Å². The Bertz CT molecular complexity index is 457. The van der Waals surface area contributed by atoms with Gasteiger partial charge in [0.2, 0.25) is 0 Å². The van der Waals surface area contributed by atoms with Crippen molar-refractivity contribution in [2.75, 3.05) is 0 Å². The van der Waals surface area contributed by atoms with Crippen LogP contribution in [0.3, 0.4) is 0 Å². The van der Waals surface area contributed by atoms with Crippen molar-refractivity contribution in [3.8, 4) is 5.75 Å². The summed E-state index contributed by atoms with van der Waals surface area (Å²) < 4.78 is 0. The number of benzene rings is 1. The number of hydrogen-bond acceptors (Lipinski definition) is 4. The summed E-state index contributed by atoms with van der Waals surface area (Å²) in [7, 11) is 0. The van der Waals surface area contributed by atoms with E-state index in [1.807, 2.05) is 39.8 Å². The number of ketones is 1. The van der Waals surface area contributed by atoms with E-state index >= 15 is 0 Å². The standard InChI is InChI=1S/C14H20O3.C3H7N/c1-5-8-12(15)11-9-6-7-10-13(11)16-17-14(2,3)4;1-3(2)4/h6-7,9-10H,5,8H2,1-4H3;4H,1-2H3. The molecule has 1 aromatic carbocycles. The maximum absolute atomic E-state index is 11.9. The molecule has 21 heavy (non-hydrogen) atoms. The lowest BCUT2D eigenvalue weighted by Gasteiger charge is -2.18. The number of carbonyl (C=O) groups is 1. The first-order valence-electron chi connectivity index (χ1n) is 7.17. The smallest absolute Gasteiger partial charge is 0.176 e. The monoisotopic (exact) mass is 293 g/mol. The molecule has 0 saturated heterocycles. The summed E-state index contributed by atoms with van der Waals surface area (Å²) in [6.07, 6.45) is 1.35. The van der Waals surface area contributed by atoms with Gasteiger partial charge in [-0.25, -0.2) is 0 Å². The third-order valence-corrected chi connectivity index (χ3v) is 2.05. The summed E-state index contributed by atoms with van der Waals surface area (Å²) in [6.45, 7) is 11.2. The third-order valence-electron chi connectivity index (χ3n) is 2.05. The highest BCUT2D eigenvalue weighted by Crippen LogP contribution is 2.22. The summed E-state index contributed by atoms with van der Waals surface area (Å²) in [5, 5.41) is 6.50. The van der Waals surface area contributed by atoms with Gasteiger partial charge < -0.3 is 10.3 Å². The van der Waals surface area contributed by atoms with Crippen LogP contribution >= 0.6 is 0 Å². The van der Waals surface area contributed by atoms with Gasteiger partial charge in [-0.15, -0.1) is 0 Å². The second-order valence-corrected chi connectivity index (χ2v) is 5.95. The van der Waals surface area contributed by atoms with Gasteiger partial charge in [-0.1, -0.05) is 19.1 Å². The lowest BCUT2D eigenvalue weighted by molar-refractivity contribution is -0.274. The maximum atomic E-state index is 11.9. The van der Waals surface area contributed by atoms with Crippen LogP contribution in [-0.4, -0.2) is 17.1 Å². The maximum Gasteiger partial charge on any atom is 0.176 e. The average Bonchev–Trinajstić information content (AvgIpc) is 2.35. The number of rotatable bonds is 5. The normalized spacial score (nSPS) is 10.4. The molecule has 0 radical (unpaired) electrons. The second-order valence-electron chi connectivity index (χ2n) is 5.95. The van der Waals surface area contributed by atoms with Gasteiger partial charge in [0.05, 0.1) is 5.56 Å². The molecule has 0 atom stereocenters. The van der Waals surface area contributed by atoms with Crippen molar-refractivity contribution in [1.82, 2.24) is 0 Å². The van der Waals surface area contributed by atoms with Crippen molar-refractivity contribution in [3.05, 3.63) is 29.8 Å². The minimum atomic E-state index is -0.402. The van der Waals surface area contributed by atoms with E-state index in [4.69, 9.17) is 15.2 Å². The van der Waals surface area contributed by atoms with Crippen LogP contribution in [0.25, 0.3) is 0 Å². The topological polar surface area (TPSA) is 59.4 Å². The van der Waals surface area contributed by atoms with Crippen molar-refractivity contribution in [2.45, 2.75) is 60.0 Å². The molecule has 0 amide bonds. The van der Waals surface area contributed by atoms with E-state index in [9.17, 15) is 4.79 Å². The Balaban J connectivity index is 0.000000885. The minimum absolute atomic E-state index is 0.0839. The molecule has 0 aromatic heterocycles. The van der Waals surface area contributed by atoms with Crippen molar-refractivity contribution in [1.29, 1.82) is 5.41 Å². The molecule has 0 spiro atoms. The van der Waals surface area contributed by atoms with Gasteiger partial charge in [-0.05, 0) is 53.2 Å². The first-order valence-corrected chi connectivity index (χ1v) is 7.17. The van der Waals surface area contributed by atoms with E-state index in [0.717, 1.165) is 6.42 Å². The number of carbonyl (C=O) groups excluding carboxylic acids is 1. The van der Waals surface area contributed by atoms with E-state index in [1.54, 1.807) is 26.0 Å². The van der Waals surface area contributed by atoms with Gasteiger partial charge in [-0.3, -0.25) is 4.79 Å². The highest BCUT2D eigenvalue weighted by molar-refractivity contribution is 5.98. The lowest BCUT2D eigenvalue weighted by atomic mass is 10.1. The van der Waals surface area contributed by atoms with Gasteiger partial charge >= 0.3 is 0 Å². The first kappa shape index (κ1) is 19.3. The van der Waals surface area contributed by atoms with Crippen LogP contribution in [0.1, 0.15) is 64.7 Å². The van der Waals surface area contributed by atoms with Crippen LogP contribution in [0.2, 0.25) is 0 Å². The minimum Gasteiger partial charge on any atom is -0.336 e. The molecular formula is C17H27NO3. The van der Waals surface area contributed by atoms with Crippen LogP contribution in [0.15, 0.2) is 24.3 Å². The summed E-state index contributed by atoms with van der Waals surface area (Å²) in [5.74, 6) is 0.571. The zero-order valence-electron chi connectivity index (χ0n) is 13.9. The van der Waals surface area contributed by atoms with Crippen molar-refractivity contribution < 1.29 is 14.6 Å². The highest BCUT2D eigenvalue weighted by Gasteiger charge is 2.16. The first-order chi connectivity index (χ1) is 9.67. The fourth-order valence-electron chi connectivity index (χ4n) is 1.30. The zero-order valence-corrected chi connectivity index (χ0v) is 13.9. The van der Waals surface area contributed by atoms with Crippen LogP contribution in [-0.2, 0) is 4.89 Å². The predicted octanol–water partition coefficient (Wildman–Crippen LogP) is 4.82. The fraction of sp³-hybridized carbons (Fsp3) is 0.529. The van der Waals surface area contributed by atoms with Gasteiger partial charge in [0.1, 0.15) is 5.60 Å². The van der Waals surface area contributed by atoms with E-state index < -0.39 is 5.60 Å². The van der Waals surface area contributed by atoms with E-state index in [0.29, 0.717) is 23.4 Å². The predicted molar refractivity (Wildman–Crippen MR) is 86.2 cm³/mol. The highest BCUT2D eigenvalue weighted by atomic mass is 17.2. The summed E-state index contributed by atoms with van der Waals surface area (Å²) in [4.78, 5) is 22.3. The molecule has 4 heteroatoms. The molecule has 1 N–H and O–H groups in total. The third kappa shape index (κ3) is 9.79. The summed E-state index contributed by atoms with van der Waals surface area (Å²) in [6, 6.07) is 7.16. The molecule has 0 bridgehead atoms. The average molecular weight is 293 g/mol.